The molecule has 0 saturated carbocycles. The summed E-state index contributed by atoms with van der Waals surface area (Å²) in [5.74, 6) is 1.79. The van der Waals surface area contributed by atoms with Crippen LogP contribution in [0.1, 0.15) is 24.0 Å². The van der Waals surface area contributed by atoms with Crippen LogP contribution in [0.3, 0.4) is 0 Å². The summed E-state index contributed by atoms with van der Waals surface area (Å²) in [6.45, 7) is 2.91. The highest BCUT2D eigenvalue weighted by Crippen LogP contribution is 2.36. The fourth-order valence-corrected chi connectivity index (χ4v) is 3.44. The van der Waals surface area contributed by atoms with Crippen LogP contribution in [-0.2, 0) is 9.47 Å². The third-order valence-electron chi connectivity index (χ3n) is 5.26. The lowest BCUT2D eigenvalue weighted by molar-refractivity contribution is 0.263. The molecule has 2 heterocycles. The summed E-state index contributed by atoms with van der Waals surface area (Å²) >= 11 is 0. The lowest BCUT2D eigenvalue weighted by Gasteiger charge is -2.18. The molecule has 0 aromatic heterocycles. The predicted molar refractivity (Wildman–Crippen MR) is 109 cm³/mol. The topological polar surface area (TPSA) is 43.5 Å². The summed E-state index contributed by atoms with van der Waals surface area (Å²) in [5, 5.41) is 0. The molecule has 5 rings (SSSR count). The van der Waals surface area contributed by atoms with Crippen molar-refractivity contribution in [1.82, 2.24) is 0 Å². The van der Waals surface area contributed by atoms with E-state index >= 15 is 0 Å². The van der Waals surface area contributed by atoms with Crippen LogP contribution < -0.4 is 9.47 Å². The monoisotopic (exact) mass is 376 g/mol. The Morgan fingerprint density at radius 2 is 1.04 bits per heavy atom. The van der Waals surface area contributed by atoms with Gasteiger partial charge in [-0.15, -0.1) is 0 Å². The van der Waals surface area contributed by atoms with E-state index in [0.717, 1.165) is 37.6 Å². The van der Waals surface area contributed by atoms with Crippen LogP contribution in [0.2, 0.25) is 0 Å². The van der Waals surface area contributed by atoms with Crippen molar-refractivity contribution in [3.8, 4) is 11.5 Å². The van der Waals surface area contributed by atoms with E-state index < -0.39 is 0 Å². The van der Waals surface area contributed by atoms with Gasteiger partial charge in [0.15, 0.2) is 0 Å². The minimum absolute atomic E-state index is 0.279. The summed E-state index contributed by atoms with van der Waals surface area (Å²) in [6, 6.07) is 16.8. The average Bonchev–Trinajstić information content (AvgIpc) is 3.67. The summed E-state index contributed by atoms with van der Waals surface area (Å²) in [5.41, 5.74) is 5.25. The third kappa shape index (κ3) is 4.29. The van der Waals surface area contributed by atoms with Gasteiger partial charge in [-0.25, -0.2) is 0 Å². The lowest BCUT2D eigenvalue weighted by Crippen LogP contribution is -2.04. The highest BCUT2D eigenvalue weighted by molar-refractivity contribution is 5.93. The molecular weight excluding hydrogens is 352 g/mol. The van der Waals surface area contributed by atoms with Crippen molar-refractivity contribution < 1.29 is 18.9 Å². The number of hydrogen-bond acceptors (Lipinski definition) is 4. The molecular formula is C24H24O4. The molecule has 0 N–H and O–H groups in total. The summed E-state index contributed by atoms with van der Waals surface area (Å²) in [6.07, 6.45) is 6.95. The zero-order valence-electron chi connectivity index (χ0n) is 15.8. The van der Waals surface area contributed by atoms with Gasteiger partial charge < -0.3 is 18.9 Å². The van der Waals surface area contributed by atoms with Crippen LogP contribution in [0.4, 0.5) is 0 Å². The molecule has 0 amide bonds. The molecule has 1 aliphatic carbocycles. The molecule has 4 heteroatoms. The Morgan fingerprint density at radius 1 is 0.643 bits per heavy atom. The van der Waals surface area contributed by atoms with E-state index in [-0.39, 0.29) is 12.2 Å². The molecule has 2 aliphatic heterocycles. The van der Waals surface area contributed by atoms with Crippen LogP contribution in [0.25, 0.3) is 11.1 Å². The van der Waals surface area contributed by atoms with Gasteiger partial charge in [0.2, 0.25) is 0 Å². The molecule has 2 fully saturated rings. The molecule has 0 spiro atoms. The van der Waals surface area contributed by atoms with Gasteiger partial charge >= 0.3 is 0 Å². The van der Waals surface area contributed by atoms with Gasteiger partial charge in [-0.05, 0) is 59.4 Å². The van der Waals surface area contributed by atoms with Gasteiger partial charge in [0.05, 0.1) is 13.2 Å². The van der Waals surface area contributed by atoms with Crippen molar-refractivity contribution >= 4 is 11.1 Å². The van der Waals surface area contributed by atoms with Crippen LogP contribution in [-0.4, -0.2) is 38.6 Å². The number of benzene rings is 2. The van der Waals surface area contributed by atoms with Crippen molar-refractivity contribution in [3.63, 3.8) is 0 Å². The third-order valence-corrected chi connectivity index (χ3v) is 5.26. The zero-order valence-corrected chi connectivity index (χ0v) is 15.8. The molecule has 0 radical (unpaired) electrons. The fraction of sp³-hybridized carbons (Fsp3) is 0.333. The summed E-state index contributed by atoms with van der Waals surface area (Å²) in [7, 11) is 0. The van der Waals surface area contributed by atoms with Gasteiger partial charge in [-0.2, -0.15) is 0 Å². The van der Waals surface area contributed by atoms with Gasteiger partial charge in [-0.3, -0.25) is 0 Å². The molecule has 4 nitrogen and oxygen atoms in total. The highest BCUT2D eigenvalue weighted by Gasteiger charge is 2.23. The first kappa shape index (κ1) is 17.5. The highest BCUT2D eigenvalue weighted by atomic mass is 16.6. The Kier molecular flexibility index (Phi) is 4.90. The summed E-state index contributed by atoms with van der Waals surface area (Å²) < 4.78 is 21.9. The molecule has 2 aromatic carbocycles. The lowest BCUT2D eigenvalue weighted by atomic mass is 9.87. The minimum atomic E-state index is 0.279. The average molecular weight is 376 g/mol. The second kappa shape index (κ2) is 7.82. The second-order valence-corrected chi connectivity index (χ2v) is 7.42. The predicted octanol–water partition coefficient (Wildman–Crippen LogP) is 4.50. The number of ether oxygens (including phenoxy) is 4. The first-order valence-corrected chi connectivity index (χ1v) is 9.92. The van der Waals surface area contributed by atoms with Crippen LogP contribution in [0.5, 0.6) is 11.5 Å². The van der Waals surface area contributed by atoms with Crippen LogP contribution in [0.15, 0.2) is 60.7 Å². The van der Waals surface area contributed by atoms with Crippen molar-refractivity contribution in [1.29, 1.82) is 0 Å². The molecule has 3 aliphatic rings. The standard InChI is InChI=1S/C24H24O4/c1-2-4-24(18-7-11-20(12-8-18)26-14-22-16-28-22)23(3-1)17-5-9-19(10-6-17)25-13-21-15-27-21/h1-2,5-12,21-22H,3-4,13-16H2. The number of rotatable bonds is 8. The number of epoxide rings is 2. The van der Waals surface area contributed by atoms with E-state index in [1.165, 1.54) is 22.3 Å². The van der Waals surface area contributed by atoms with Crippen molar-refractivity contribution in [3.05, 3.63) is 71.8 Å². The van der Waals surface area contributed by atoms with Crippen molar-refractivity contribution in [2.45, 2.75) is 25.0 Å². The Labute approximate surface area is 165 Å². The van der Waals surface area contributed by atoms with E-state index in [2.05, 4.69) is 60.7 Å². The Balaban J connectivity index is 1.33. The molecule has 28 heavy (non-hydrogen) atoms. The van der Waals surface area contributed by atoms with Crippen LogP contribution in [0, 0.1) is 0 Å². The van der Waals surface area contributed by atoms with E-state index in [9.17, 15) is 0 Å². The molecule has 2 atom stereocenters. The Bertz CT molecular complexity index is 798. The molecule has 144 valence electrons. The minimum Gasteiger partial charge on any atom is -0.491 e. The Morgan fingerprint density at radius 3 is 1.39 bits per heavy atom. The normalized spacial score (nSPS) is 22.9. The quantitative estimate of drug-likeness (QED) is 0.502. The zero-order chi connectivity index (χ0) is 18.8. The van der Waals surface area contributed by atoms with Gasteiger partial charge in [0, 0.05) is 0 Å². The van der Waals surface area contributed by atoms with E-state index in [1.807, 2.05) is 0 Å². The van der Waals surface area contributed by atoms with Gasteiger partial charge in [0.25, 0.3) is 0 Å². The first-order chi connectivity index (χ1) is 13.8. The number of allylic oxidation sites excluding steroid dienone is 4. The maximum Gasteiger partial charge on any atom is 0.119 e. The molecule has 2 unspecified atom stereocenters. The number of hydrogen-bond donors (Lipinski definition) is 0. The first-order valence-electron chi connectivity index (χ1n) is 9.92. The van der Waals surface area contributed by atoms with Crippen LogP contribution >= 0.6 is 0 Å². The maximum atomic E-state index is 5.76. The summed E-state index contributed by atoms with van der Waals surface area (Å²) in [4.78, 5) is 0. The van der Waals surface area contributed by atoms with E-state index in [0.29, 0.717) is 13.2 Å². The second-order valence-electron chi connectivity index (χ2n) is 7.42. The van der Waals surface area contributed by atoms with Gasteiger partial charge in [0.1, 0.15) is 36.9 Å². The molecule has 0 bridgehead atoms. The molecule has 2 saturated heterocycles. The molecule has 2 aromatic rings. The SMILES string of the molecule is C1=CCC(c2ccc(OCC3CO3)cc2)=C(c2ccc(OCC3CO3)cc2)C1. The van der Waals surface area contributed by atoms with Crippen molar-refractivity contribution in [2.75, 3.05) is 26.4 Å². The van der Waals surface area contributed by atoms with E-state index in [1.54, 1.807) is 0 Å². The maximum absolute atomic E-state index is 5.76. The van der Waals surface area contributed by atoms with E-state index in [4.69, 9.17) is 18.9 Å². The van der Waals surface area contributed by atoms with Crippen molar-refractivity contribution in [2.24, 2.45) is 0 Å². The van der Waals surface area contributed by atoms with Gasteiger partial charge in [-0.1, -0.05) is 36.4 Å². The smallest absolute Gasteiger partial charge is 0.119 e. The Hall–Kier alpha value is -2.56. The fourth-order valence-electron chi connectivity index (χ4n) is 3.44. The largest absolute Gasteiger partial charge is 0.491 e.